The van der Waals surface area contributed by atoms with E-state index < -0.39 is 17.9 Å². The first-order chi connectivity index (χ1) is 16.0. The smallest absolute Gasteiger partial charge is 0.308 e. The van der Waals surface area contributed by atoms with Crippen LogP contribution in [0.4, 0.5) is 0 Å². The van der Waals surface area contributed by atoms with Crippen LogP contribution in [0.2, 0.25) is 0 Å². The highest BCUT2D eigenvalue weighted by Crippen LogP contribution is 2.14. The Morgan fingerprint density at radius 3 is 2.33 bits per heavy atom. The number of carbonyl (C=O) groups is 3. The fraction of sp³-hybridized carbons (Fsp3) is 0.304. The molecule has 1 aliphatic rings. The Labute approximate surface area is 197 Å². The SMILES string of the molecule is COC(=O)CC1C(=O)NCCN1C(=S)NC(=O)c1ccc(OCCOc2ccccc2)cc1. The summed E-state index contributed by atoms with van der Waals surface area (Å²) >= 11 is 5.33. The van der Waals surface area contributed by atoms with E-state index in [0.29, 0.717) is 37.6 Å². The number of carbonyl (C=O) groups excluding carboxylic acids is 3. The first kappa shape index (κ1) is 24.0. The maximum absolute atomic E-state index is 12.6. The molecule has 9 nitrogen and oxygen atoms in total. The molecule has 0 spiro atoms. The number of amides is 2. The van der Waals surface area contributed by atoms with Gasteiger partial charge in [-0.2, -0.15) is 0 Å². The number of benzene rings is 2. The van der Waals surface area contributed by atoms with Crippen LogP contribution in [0.1, 0.15) is 16.8 Å². The van der Waals surface area contributed by atoms with E-state index in [1.165, 1.54) is 12.0 Å². The van der Waals surface area contributed by atoms with Gasteiger partial charge in [0.1, 0.15) is 30.8 Å². The molecule has 1 aliphatic heterocycles. The lowest BCUT2D eigenvalue weighted by molar-refractivity contribution is -0.144. The highest BCUT2D eigenvalue weighted by atomic mass is 32.1. The zero-order valence-corrected chi connectivity index (χ0v) is 18.9. The lowest BCUT2D eigenvalue weighted by Gasteiger charge is -2.36. The van der Waals surface area contributed by atoms with Crippen molar-refractivity contribution in [1.29, 1.82) is 0 Å². The number of nitrogens with one attached hydrogen (secondary N) is 2. The summed E-state index contributed by atoms with van der Waals surface area (Å²) in [6.07, 6.45) is -0.168. The number of nitrogens with zero attached hydrogens (tertiary/aromatic N) is 1. The average molecular weight is 472 g/mol. The van der Waals surface area contributed by atoms with Gasteiger partial charge in [0, 0.05) is 18.7 Å². The first-order valence-corrected chi connectivity index (χ1v) is 10.8. The summed E-state index contributed by atoms with van der Waals surface area (Å²) in [5, 5.41) is 5.38. The van der Waals surface area contributed by atoms with Gasteiger partial charge in [0.15, 0.2) is 5.11 Å². The molecule has 33 heavy (non-hydrogen) atoms. The molecule has 0 aromatic heterocycles. The van der Waals surface area contributed by atoms with Gasteiger partial charge in [0.2, 0.25) is 5.91 Å². The highest BCUT2D eigenvalue weighted by Gasteiger charge is 2.34. The van der Waals surface area contributed by atoms with Crippen molar-refractivity contribution in [1.82, 2.24) is 15.5 Å². The summed E-state index contributed by atoms with van der Waals surface area (Å²) in [6, 6.07) is 15.2. The third kappa shape index (κ3) is 6.91. The Balaban J connectivity index is 1.50. The molecule has 1 fully saturated rings. The highest BCUT2D eigenvalue weighted by molar-refractivity contribution is 7.80. The van der Waals surface area contributed by atoms with Crippen molar-refractivity contribution in [2.45, 2.75) is 12.5 Å². The number of piperazine rings is 1. The van der Waals surface area contributed by atoms with Gasteiger partial charge in [-0.15, -0.1) is 0 Å². The minimum absolute atomic E-state index is 0.0714. The molecule has 3 rings (SSSR count). The minimum atomic E-state index is -0.840. The van der Waals surface area contributed by atoms with Crippen LogP contribution < -0.4 is 20.1 Å². The van der Waals surface area contributed by atoms with Crippen molar-refractivity contribution < 1.29 is 28.6 Å². The van der Waals surface area contributed by atoms with Crippen LogP contribution in [0.3, 0.4) is 0 Å². The van der Waals surface area contributed by atoms with Crippen molar-refractivity contribution in [2.24, 2.45) is 0 Å². The van der Waals surface area contributed by atoms with Crippen LogP contribution in [0, 0.1) is 0 Å². The quantitative estimate of drug-likeness (QED) is 0.339. The Morgan fingerprint density at radius 1 is 1.06 bits per heavy atom. The monoisotopic (exact) mass is 471 g/mol. The molecule has 1 atom stereocenters. The molecule has 10 heteroatoms. The van der Waals surface area contributed by atoms with Gasteiger partial charge in [0.25, 0.3) is 5.91 Å². The third-order valence-corrected chi connectivity index (χ3v) is 5.22. The molecule has 0 aliphatic carbocycles. The van der Waals surface area contributed by atoms with Crippen LogP contribution in [-0.2, 0) is 14.3 Å². The zero-order valence-electron chi connectivity index (χ0n) is 18.1. The normalized spacial score (nSPS) is 15.2. The molecule has 2 N–H and O–H groups in total. The van der Waals surface area contributed by atoms with E-state index in [1.807, 2.05) is 30.3 Å². The fourth-order valence-electron chi connectivity index (χ4n) is 3.18. The number of thiocarbonyl (C=S) groups is 1. The number of esters is 1. The van der Waals surface area contributed by atoms with E-state index in [9.17, 15) is 14.4 Å². The van der Waals surface area contributed by atoms with Gasteiger partial charge in [-0.25, -0.2) is 0 Å². The van der Waals surface area contributed by atoms with Crippen molar-refractivity contribution in [3.05, 3.63) is 60.2 Å². The summed E-state index contributed by atoms with van der Waals surface area (Å²) in [5.74, 6) is 0.0458. The molecular formula is C23H25N3O6S. The van der Waals surface area contributed by atoms with Crippen LogP contribution in [0.15, 0.2) is 54.6 Å². The zero-order chi connectivity index (χ0) is 23.6. The summed E-state index contributed by atoms with van der Waals surface area (Å²) < 4.78 is 15.9. The first-order valence-electron chi connectivity index (χ1n) is 10.3. The van der Waals surface area contributed by atoms with Crippen molar-refractivity contribution in [3.8, 4) is 11.5 Å². The van der Waals surface area contributed by atoms with E-state index >= 15 is 0 Å². The Bertz CT molecular complexity index is 983. The summed E-state index contributed by atoms with van der Waals surface area (Å²) in [5.41, 5.74) is 0.371. The molecule has 2 aromatic carbocycles. The summed E-state index contributed by atoms with van der Waals surface area (Å²) in [6.45, 7) is 1.46. The topological polar surface area (TPSA) is 106 Å². The number of ether oxygens (including phenoxy) is 3. The predicted molar refractivity (Wildman–Crippen MR) is 124 cm³/mol. The van der Waals surface area contributed by atoms with Crippen molar-refractivity contribution in [3.63, 3.8) is 0 Å². The molecule has 174 valence electrons. The summed E-state index contributed by atoms with van der Waals surface area (Å²) in [7, 11) is 1.25. The van der Waals surface area contributed by atoms with Crippen LogP contribution in [-0.4, -0.2) is 67.3 Å². The predicted octanol–water partition coefficient (Wildman–Crippen LogP) is 1.52. The molecule has 1 heterocycles. The Hall–Kier alpha value is -3.66. The Kier molecular flexibility index (Phi) is 8.59. The molecular weight excluding hydrogens is 446 g/mol. The number of para-hydroxylation sites is 1. The molecule has 2 amide bonds. The number of hydrogen-bond donors (Lipinski definition) is 2. The largest absolute Gasteiger partial charge is 0.490 e. The molecule has 0 saturated carbocycles. The minimum Gasteiger partial charge on any atom is -0.490 e. The van der Waals surface area contributed by atoms with Crippen LogP contribution in [0.25, 0.3) is 0 Å². The second kappa shape index (κ2) is 11.8. The van der Waals surface area contributed by atoms with Crippen molar-refractivity contribution >= 4 is 35.1 Å². The molecule has 1 unspecified atom stereocenters. The average Bonchev–Trinajstić information content (AvgIpc) is 2.84. The van der Waals surface area contributed by atoms with Gasteiger partial charge < -0.3 is 24.4 Å². The van der Waals surface area contributed by atoms with Gasteiger partial charge in [-0.05, 0) is 48.6 Å². The maximum Gasteiger partial charge on any atom is 0.308 e. The van der Waals surface area contributed by atoms with E-state index in [4.69, 9.17) is 21.7 Å². The van der Waals surface area contributed by atoms with E-state index in [1.54, 1.807) is 24.3 Å². The lowest BCUT2D eigenvalue weighted by Crippen LogP contribution is -2.60. The van der Waals surface area contributed by atoms with E-state index in [2.05, 4.69) is 15.4 Å². The summed E-state index contributed by atoms with van der Waals surface area (Å²) in [4.78, 5) is 38.0. The third-order valence-electron chi connectivity index (χ3n) is 4.88. The number of methoxy groups -OCH3 is 1. The van der Waals surface area contributed by atoms with Crippen molar-refractivity contribution in [2.75, 3.05) is 33.4 Å². The Morgan fingerprint density at radius 2 is 1.70 bits per heavy atom. The molecule has 0 radical (unpaired) electrons. The second-order valence-corrected chi connectivity index (χ2v) is 7.46. The van der Waals surface area contributed by atoms with Gasteiger partial charge in [-0.3, -0.25) is 19.7 Å². The van der Waals surface area contributed by atoms with Crippen LogP contribution in [0.5, 0.6) is 11.5 Å². The molecule has 2 aromatic rings. The number of rotatable bonds is 8. The van der Waals surface area contributed by atoms with E-state index in [0.717, 1.165) is 5.75 Å². The standard InChI is InChI=1S/C23H25N3O6S/c1-30-20(27)15-19-22(29)24-11-12-26(19)23(33)25-21(28)16-7-9-18(10-8-16)32-14-13-31-17-5-3-2-4-6-17/h2-10,19H,11-15H2,1H3,(H,24,29)(H,25,28,33). The number of hydrogen-bond acceptors (Lipinski definition) is 7. The van der Waals surface area contributed by atoms with Gasteiger partial charge in [-0.1, -0.05) is 18.2 Å². The van der Waals surface area contributed by atoms with Gasteiger partial charge in [0.05, 0.1) is 13.5 Å². The lowest BCUT2D eigenvalue weighted by atomic mass is 10.1. The van der Waals surface area contributed by atoms with E-state index in [-0.39, 0.29) is 17.4 Å². The maximum atomic E-state index is 12.6. The van der Waals surface area contributed by atoms with Crippen LogP contribution >= 0.6 is 12.2 Å². The molecule has 1 saturated heterocycles. The second-order valence-electron chi connectivity index (χ2n) is 7.07. The fourth-order valence-corrected chi connectivity index (χ4v) is 3.49. The van der Waals surface area contributed by atoms with Gasteiger partial charge >= 0.3 is 5.97 Å². The molecule has 0 bridgehead atoms.